The number of methoxy groups -OCH3 is 1. The van der Waals surface area contributed by atoms with Crippen LogP contribution in [0.25, 0.3) is 0 Å². The summed E-state index contributed by atoms with van der Waals surface area (Å²) < 4.78 is 33.3. The Morgan fingerprint density at radius 2 is 1.72 bits per heavy atom. The molecule has 0 aliphatic rings. The Hall–Kier alpha value is -2.68. The third kappa shape index (κ3) is 6.66. The molecular formula is C23H23ClN2O4S2. The molecule has 0 radical (unpaired) electrons. The van der Waals surface area contributed by atoms with Gasteiger partial charge in [0.2, 0.25) is 5.91 Å². The Kier molecular flexibility index (Phi) is 8.06. The molecule has 0 saturated carbocycles. The van der Waals surface area contributed by atoms with Gasteiger partial charge in [-0.15, -0.1) is 11.8 Å². The van der Waals surface area contributed by atoms with E-state index in [9.17, 15) is 13.2 Å². The molecule has 3 aromatic rings. The molecule has 0 bridgehead atoms. The van der Waals surface area contributed by atoms with Gasteiger partial charge in [0.25, 0.3) is 10.0 Å². The summed E-state index contributed by atoms with van der Waals surface area (Å²) in [7, 11) is -2.33. The van der Waals surface area contributed by atoms with Crippen molar-refractivity contribution in [3.05, 3.63) is 77.3 Å². The molecule has 0 aromatic heterocycles. The SMILES string of the molecule is COc1ccc(C)cc1NS(=O)(=O)c1ccc(NC(=O)CCSc2ccc(Cl)cc2)cc1. The van der Waals surface area contributed by atoms with Gasteiger partial charge in [0, 0.05) is 27.8 Å². The van der Waals surface area contributed by atoms with Crippen molar-refractivity contribution < 1.29 is 17.9 Å². The quantitative estimate of drug-likeness (QED) is 0.382. The van der Waals surface area contributed by atoms with Crippen molar-refractivity contribution in [3.8, 4) is 5.75 Å². The number of nitrogens with one attached hydrogen (secondary N) is 2. The van der Waals surface area contributed by atoms with E-state index in [0.29, 0.717) is 34.3 Å². The maximum Gasteiger partial charge on any atom is 0.262 e. The van der Waals surface area contributed by atoms with Crippen molar-refractivity contribution in [2.75, 3.05) is 22.9 Å². The van der Waals surface area contributed by atoms with Crippen molar-refractivity contribution in [1.82, 2.24) is 0 Å². The Morgan fingerprint density at radius 1 is 1.03 bits per heavy atom. The molecule has 3 aromatic carbocycles. The van der Waals surface area contributed by atoms with Crippen LogP contribution < -0.4 is 14.8 Å². The van der Waals surface area contributed by atoms with Gasteiger partial charge in [-0.25, -0.2) is 8.42 Å². The summed E-state index contributed by atoms with van der Waals surface area (Å²) in [5.41, 5.74) is 1.79. The zero-order chi connectivity index (χ0) is 23.1. The first kappa shape index (κ1) is 24.0. The van der Waals surface area contributed by atoms with Crippen molar-refractivity contribution in [3.63, 3.8) is 0 Å². The molecule has 168 valence electrons. The molecule has 0 aliphatic heterocycles. The third-order valence-corrected chi connectivity index (χ3v) is 7.11. The highest BCUT2D eigenvalue weighted by Gasteiger charge is 2.17. The zero-order valence-corrected chi connectivity index (χ0v) is 20.0. The molecule has 0 heterocycles. The van der Waals surface area contributed by atoms with E-state index in [2.05, 4.69) is 10.0 Å². The molecule has 32 heavy (non-hydrogen) atoms. The fourth-order valence-corrected chi connectivity index (χ4v) is 4.88. The topological polar surface area (TPSA) is 84.5 Å². The predicted octanol–water partition coefficient (Wildman–Crippen LogP) is 5.58. The first-order chi connectivity index (χ1) is 15.3. The highest BCUT2D eigenvalue weighted by atomic mass is 35.5. The summed E-state index contributed by atoms with van der Waals surface area (Å²) in [6.07, 6.45) is 0.321. The lowest BCUT2D eigenvalue weighted by molar-refractivity contribution is -0.115. The molecule has 0 saturated heterocycles. The van der Waals surface area contributed by atoms with E-state index in [-0.39, 0.29) is 10.8 Å². The maximum atomic E-state index is 12.7. The Labute approximate surface area is 197 Å². The summed E-state index contributed by atoms with van der Waals surface area (Å²) in [6, 6.07) is 18.7. The number of hydrogen-bond acceptors (Lipinski definition) is 5. The van der Waals surface area contributed by atoms with Crippen molar-refractivity contribution in [2.24, 2.45) is 0 Å². The fourth-order valence-electron chi connectivity index (χ4n) is 2.84. The second-order valence-electron chi connectivity index (χ2n) is 6.93. The number of carbonyl (C=O) groups excluding carboxylic acids is 1. The summed E-state index contributed by atoms with van der Waals surface area (Å²) in [5.74, 6) is 0.895. The molecule has 0 atom stereocenters. The number of aryl methyl sites for hydroxylation is 1. The van der Waals surface area contributed by atoms with Crippen LogP contribution in [0.2, 0.25) is 5.02 Å². The van der Waals surface area contributed by atoms with Crippen molar-refractivity contribution in [1.29, 1.82) is 0 Å². The number of anilines is 2. The summed E-state index contributed by atoms with van der Waals surface area (Å²) in [6.45, 7) is 1.86. The number of sulfonamides is 1. The predicted molar refractivity (Wildman–Crippen MR) is 130 cm³/mol. The summed E-state index contributed by atoms with van der Waals surface area (Å²) in [5, 5.41) is 3.45. The zero-order valence-electron chi connectivity index (χ0n) is 17.6. The smallest absolute Gasteiger partial charge is 0.262 e. The molecule has 0 unspecified atom stereocenters. The second-order valence-corrected chi connectivity index (χ2v) is 10.2. The summed E-state index contributed by atoms with van der Waals surface area (Å²) >= 11 is 7.43. The Bertz CT molecular complexity index is 1180. The second kappa shape index (κ2) is 10.8. The van der Waals surface area contributed by atoms with Crippen molar-refractivity contribution >= 4 is 50.7 Å². The number of benzene rings is 3. The lowest BCUT2D eigenvalue weighted by Gasteiger charge is -2.13. The van der Waals surface area contributed by atoms with Crippen LogP contribution in [0.15, 0.2) is 76.5 Å². The third-order valence-electron chi connectivity index (χ3n) is 4.46. The first-order valence-electron chi connectivity index (χ1n) is 9.72. The molecule has 6 nitrogen and oxygen atoms in total. The van der Waals surface area contributed by atoms with Gasteiger partial charge >= 0.3 is 0 Å². The first-order valence-corrected chi connectivity index (χ1v) is 12.6. The van der Waals surface area contributed by atoms with Gasteiger partial charge in [-0.3, -0.25) is 9.52 Å². The van der Waals surface area contributed by atoms with Crippen LogP contribution in [-0.2, 0) is 14.8 Å². The number of hydrogen-bond donors (Lipinski definition) is 2. The van der Waals surface area contributed by atoms with Crippen LogP contribution >= 0.6 is 23.4 Å². The number of carbonyl (C=O) groups is 1. The minimum atomic E-state index is -3.81. The summed E-state index contributed by atoms with van der Waals surface area (Å²) in [4.78, 5) is 13.3. The van der Waals surface area contributed by atoms with Gasteiger partial charge in [0.15, 0.2) is 0 Å². The van der Waals surface area contributed by atoms with Gasteiger partial charge in [-0.1, -0.05) is 17.7 Å². The minimum absolute atomic E-state index is 0.0809. The van der Waals surface area contributed by atoms with Gasteiger partial charge in [0.1, 0.15) is 5.75 Å². The molecule has 0 spiro atoms. The van der Waals surface area contributed by atoms with E-state index >= 15 is 0 Å². The standard InChI is InChI=1S/C23H23ClN2O4S2/c1-16-3-12-22(30-2)21(15-16)26-32(28,29)20-10-6-18(7-11-20)25-23(27)13-14-31-19-8-4-17(24)5-9-19/h3-12,15,26H,13-14H2,1-2H3,(H,25,27). The molecule has 2 N–H and O–H groups in total. The highest BCUT2D eigenvalue weighted by molar-refractivity contribution is 7.99. The number of amides is 1. The van der Waals surface area contributed by atoms with Crippen molar-refractivity contribution in [2.45, 2.75) is 23.1 Å². The van der Waals surface area contributed by atoms with E-state index in [1.54, 1.807) is 36.0 Å². The molecule has 9 heteroatoms. The Balaban J connectivity index is 1.57. The normalized spacial score (nSPS) is 11.1. The number of thioether (sulfide) groups is 1. The van der Waals surface area contributed by atoms with Crippen LogP contribution in [0.4, 0.5) is 11.4 Å². The highest BCUT2D eigenvalue weighted by Crippen LogP contribution is 2.28. The van der Waals surface area contributed by atoms with E-state index in [4.69, 9.17) is 16.3 Å². The van der Waals surface area contributed by atoms with Crippen LogP contribution in [0.5, 0.6) is 5.75 Å². The van der Waals surface area contributed by atoms with E-state index in [1.807, 2.05) is 37.3 Å². The van der Waals surface area contributed by atoms with Gasteiger partial charge < -0.3 is 10.1 Å². The monoisotopic (exact) mass is 490 g/mol. The van der Waals surface area contributed by atoms with Gasteiger partial charge in [0.05, 0.1) is 17.7 Å². The van der Waals surface area contributed by atoms with Gasteiger partial charge in [-0.2, -0.15) is 0 Å². The largest absolute Gasteiger partial charge is 0.495 e. The number of rotatable bonds is 9. The lowest BCUT2D eigenvalue weighted by Crippen LogP contribution is -2.15. The Morgan fingerprint density at radius 3 is 2.38 bits per heavy atom. The average molecular weight is 491 g/mol. The van der Waals surface area contributed by atoms with E-state index in [0.717, 1.165) is 10.5 Å². The fraction of sp³-hybridized carbons (Fsp3) is 0.174. The molecular weight excluding hydrogens is 468 g/mol. The van der Waals surface area contributed by atoms with Crippen LogP contribution in [0.3, 0.4) is 0 Å². The van der Waals surface area contributed by atoms with E-state index in [1.165, 1.54) is 19.2 Å². The molecule has 1 amide bonds. The average Bonchev–Trinajstić information content (AvgIpc) is 2.75. The van der Waals surface area contributed by atoms with Crippen LogP contribution in [0.1, 0.15) is 12.0 Å². The maximum absolute atomic E-state index is 12.7. The van der Waals surface area contributed by atoms with Gasteiger partial charge in [-0.05, 0) is 73.2 Å². The molecule has 3 rings (SSSR count). The van der Waals surface area contributed by atoms with E-state index < -0.39 is 10.0 Å². The van der Waals surface area contributed by atoms with Crippen LogP contribution in [-0.4, -0.2) is 27.2 Å². The molecule has 0 fully saturated rings. The minimum Gasteiger partial charge on any atom is -0.495 e. The molecule has 0 aliphatic carbocycles. The lowest BCUT2D eigenvalue weighted by atomic mass is 10.2. The number of halogens is 1. The van der Waals surface area contributed by atoms with Crippen LogP contribution in [0, 0.1) is 6.92 Å². The number of ether oxygens (including phenoxy) is 1.